The molecule has 0 unspecified atom stereocenters. The smallest absolute Gasteiger partial charge is 0.393 e. The number of amides is 1. The van der Waals surface area contributed by atoms with E-state index in [1.54, 1.807) is 0 Å². The van der Waals surface area contributed by atoms with Crippen LogP contribution in [0.3, 0.4) is 0 Å². The largest absolute Gasteiger partial charge is 0.484 e. The van der Waals surface area contributed by atoms with Gasteiger partial charge in [0.15, 0.2) is 6.61 Å². The second kappa shape index (κ2) is 7.36. The molecule has 1 aromatic rings. The molecule has 4 nitrogen and oxygen atoms in total. The summed E-state index contributed by atoms with van der Waals surface area (Å²) in [5.74, 6) is -1.68. The number of alkyl halides is 3. The van der Waals surface area contributed by atoms with Crippen LogP contribution in [-0.4, -0.2) is 24.7 Å². The highest BCUT2D eigenvalue weighted by Gasteiger charge is 2.45. The van der Waals surface area contributed by atoms with Gasteiger partial charge in [-0.05, 0) is 37.1 Å². The zero-order chi connectivity index (χ0) is 16.9. The molecule has 1 aliphatic carbocycles. The summed E-state index contributed by atoms with van der Waals surface area (Å²) < 4.78 is 44.1. The van der Waals surface area contributed by atoms with Gasteiger partial charge in [-0.1, -0.05) is 12.8 Å². The SMILES string of the molecule is N#Cc1ccc(OCC(=O)N[C@@H]2CCCC[C@@H]2C(F)(F)F)cc1. The molecule has 1 amide bonds. The van der Waals surface area contributed by atoms with E-state index in [0.29, 0.717) is 30.6 Å². The summed E-state index contributed by atoms with van der Waals surface area (Å²) in [7, 11) is 0. The van der Waals surface area contributed by atoms with Crippen LogP contribution < -0.4 is 10.1 Å². The molecule has 2 atom stereocenters. The molecule has 7 heteroatoms. The fraction of sp³-hybridized carbons (Fsp3) is 0.500. The molecular weight excluding hydrogens is 309 g/mol. The maximum atomic E-state index is 13.0. The first kappa shape index (κ1) is 17.1. The van der Waals surface area contributed by atoms with E-state index in [1.807, 2.05) is 6.07 Å². The number of nitrogens with one attached hydrogen (secondary N) is 1. The molecule has 2 rings (SSSR count). The van der Waals surface area contributed by atoms with Crippen LogP contribution in [0.4, 0.5) is 13.2 Å². The van der Waals surface area contributed by atoms with Gasteiger partial charge in [-0.25, -0.2) is 0 Å². The summed E-state index contributed by atoms with van der Waals surface area (Å²) in [6, 6.07) is 7.20. The standard InChI is InChI=1S/C16H17F3N2O2/c17-16(18,19)13-3-1-2-4-14(13)21-15(22)10-23-12-7-5-11(9-20)6-8-12/h5-8,13-14H,1-4,10H2,(H,21,22)/t13-,14+/m0/s1. The zero-order valence-electron chi connectivity index (χ0n) is 12.4. The Balaban J connectivity index is 1.86. The van der Waals surface area contributed by atoms with Crippen molar-refractivity contribution in [3.8, 4) is 11.8 Å². The van der Waals surface area contributed by atoms with Crippen molar-refractivity contribution in [2.24, 2.45) is 5.92 Å². The number of nitrogens with zero attached hydrogens (tertiary/aromatic N) is 1. The molecule has 0 spiro atoms. The average Bonchev–Trinajstić information content (AvgIpc) is 2.53. The van der Waals surface area contributed by atoms with Crippen LogP contribution in [0.5, 0.6) is 5.75 Å². The summed E-state index contributed by atoms with van der Waals surface area (Å²) in [4.78, 5) is 11.8. The first-order valence-electron chi connectivity index (χ1n) is 7.39. The highest BCUT2D eigenvalue weighted by molar-refractivity contribution is 5.77. The minimum atomic E-state index is -4.30. The second-order valence-corrected chi connectivity index (χ2v) is 5.53. The van der Waals surface area contributed by atoms with E-state index < -0.39 is 24.0 Å². The predicted octanol–water partition coefficient (Wildman–Crippen LogP) is 3.17. The highest BCUT2D eigenvalue weighted by atomic mass is 19.4. The number of hydrogen-bond acceptors (Lipinski definition) is 3. The van der Waals surface area contributed by atoms with Crippen molar-refractivity contribution in [1.82, 2.24) is 5.32 Å². The Labute approximate surface area is 132 Å². The van der Waals surface area contributed by atoms with E-state index in [1.165, 1.54) is 24.3 Å². The third-order valence-corrected chi connectivity index (χ3v) is 3.89. The molecule has 1 aromatic carbocycles. The van der Waals surface area contributed by atoms with Gasteiger partial charge in [0, 0.05) is 6.04 Å². The van der Waals surface area contributed by atoms with Crippen molar-refractivity contribution in [2.75, 3.05) is 6.61 Å². The summed E-state index contributed by atoms with van der Waals surface area (Å²) in [5, 5.41) is 11.1. The number of ether oxygens (including phenoxy) is 1. The van der Waals surface area contributed by atoms with Crippen LogP contribution >= 0.6 is 0 Å². The van der Waals surface area contributed by atoms with Crippen molar-refractivity contribution < 1.29 is 22.7 Å². The van der Waals surface area contributed by atoms with Gasteiger partial charge in [-0.3, -0.25) is 4.79 Å². The maximum absolute atomic E-state index is 13.0. The molecule has 0 aliphatic heterocycles. The van der Waals surface area contributed by atoms with Crippen molar-refractivity contribution in [1.29, 1.82) is 5.26 Å². The molecule has 0 radical (unpaired) electrons. The molecule has 0 bridgehead atoms. The summed E-state index contributed by atoms with van der Waals surface area (Å²) in [5.41, 5.74) is 0.456. The first-order valence-corrected chi connectivity index (χ1v) is 7.39. The number of benzene rings is 1. The Morgan fingerprint density at radius 2 is 1.91 bits per heavy atom. The van der Waals surface area contributed by atoms with Crippen LogP contribution in [0, 0.1) is 17.2 Å². The number of halogens is 3. The number of rotatable bonds is 4. The minimum absolute atomic E-state index is 0.0466. The van der Waals surface area contributed by atoms with Gasteiger partial charge >= 0.3 is 6.18 Å². The van der Waals surface area contributed by atoms with Gasteiger partial charge in [0.2, 0.25) is 0 Å². The summed E-state index contributed by atoms with van der Waals surface area (Å²) >= 11 is 0. The van der Waals surface area contributed by atoms with Crippen LogP contribution in [0.1, 0.15) is 31.2 Å². The third kappa shape index (κ3) is 4.88. The van der Waals surface area contributed by atoms with E-state index in [0.717, 1.165) is 0 Å². The van der Waals surface area contributed by atoms with Gasteiger partial charge in [0.05, 0.1) is 17.6 Å². The number of nitriles is 1. The van der Waals surface area contributed by atoms with Crippen molar-refractivity contribution in [3.05, 3.63) is 29.8 Å². The summed E-state index contributed by atoms with van der Waals surface area (Å²) in [6.45, 7) is -0.354. The number of carbonyl (C=O) groups is 1. The molecular formula is C16H17F3N2O2. The molecule has 0 heterocycles. The predicted molar refractivity (Wildman–Crippen MR) is 76.6 cm³/mol. The molecule has 23 heavy (non-hydrogen) atoms. The minimum Gasteiger partial charge on any atom is -0.484 e. The van der Waals surface area contributed by atoms with E-state index in [4.69, 9.17) is 10.00 Å². The van der Waals surface area contributed by atoms with Crippen molar-refractivity contribution >= 4 is 5.91 Å². The lowest BCUT2D eigenvalue weighted by atomic mass is 9.84. The second-order valence-electron chi connectivity index (χ2n) is 5.53. The number of carbonyl (C=O) groups excluding carboxylic acids is 1. The molecule has 1 saturated carbocycles. The zero-order valence-corrected chi connectivity index (χ0v) is 12.4. The molecule has 0 saturated heterocycles. The first-order chi connectivity index (χ1) is 10.9. The number of hydrogen-bond donors (Lipinski definition) is 1. The Hall–Kier alpha value is -2.23. The topological polar surface area (TPSA) is 62.1 Å². The van der Waals surface area contributed by atoms with E-state index >= 15 is 0 Å². The van der Waals surface area contributed by atoms with Crippen LogP contribution in [0.25, 0.3) is 0 Å². The Morgan fingerprint density at radius 3 is 2.52 bits per heavy atom. The van der Waals surface area contributed by atoms with Gasteiger partial charge in [-0.2, -0.15) is 18.4 Å². The van der Waals surface area contributed by atoms with E-state index in [2.05, 4.69) is 5.32 Å². The fourth-order valence-corrected chi connectivity index (χ4v) is 2.72. The monoisotopic (exact) mass is 326 g/mol. The Bertz CT molecular complexity index is 578. The lowest BCUT2D eigenvalue weighted by Crippen LogP contribution is -2.48. The van der Waals surface area contributed by atoms with Gasteiger partial charge in [-0.15, -0.1) is 0 Å². The van der Waals surface area contributed by atoms with Gasteiger partial charge in [0.25, 0.3) is 5.91 Å². The van der Waals surface area contributed by atoms with Gasteiger partial charge < -0.3 is 10.1 Å². The summed E-state index contributed by atoms with van der Waals surface area (Å²) in [6.07, 6.45) is -2.73. The van der Waals surface area contributed by atoms with Crippen LogP contribution in [-0.2, 0) is 4.79 Å². The van der Waals surface area contributed by atoms with E-state index in [-0.39, 0.29) is 13.0 Å². The quantitative estimate of drug-likeness (QED) is 0.924. The fourth-order valence-electron chi connectivity index (χ4n) is 2.72. The van der Waals surface area contributed by atoms with Crippen molar-refractivity contribution in [3.63, 3.8) is 0 Å². The maximum Gasteiger partial charge on any atom is 0.393 e. The normalized spacial score (nSPS) is 21.3. The van der Waals surface area contributed by atoms with Gasteiger partial charge in [0.1, 0.15) is 5.75 Å². The molecule has 124 valence electrons. The van der Waals surface area contributed by atoms with Crippen molar-refractivity contribution in [2.45, 2.75) is 37.9 Å². The Morgan fingerprint density at radius 1 is 1.26 bits per heavy atom. The lowest BCUT2D eigenvalue weighted by Gasteiger charge is -2.33. The molecule has 0 aromatic heterocycles. The van der Waals surface area contributed by atoms with E-state index in [9.17, 15) is 18.0 Å². The highest BCUT2D eigenvalue weighted by Crippen LogP contribution is 2.37. The van der Waals surface area contributed by atoms with Crippen LogP contribution in [0.15, 0.2) is 24.3 Å². The molecule has 1 fully saturated rings. The molecule has 1 aliphatic rings. The lowest BCUT2D eigenvalue weighted by molar-refractivity contribution is -0.189. The van der Waals surface area contributed by atoms with Crippen LogP contribution in [0.2, 0.25) is 0 Å². The molecule has 1 N–H and O–H groups in total. The Kier molecular flexibility index (Phi) is 5.48. The average molecular weight is 326 g/mol. The third-order valence-electron chi connectivity index (χ3n) is 3.89.